The third kappa shape index (κ3) is 8.74. The van der Waals surface area contributed by atoms with Gasteiger partial charge in [0.2, 0.25) is 10.0 Å². The molecular formula is C8H18ClNO3S. The van der Waals surface area contributed by atoms with Crippen LogP contribution < -0.4 is 4.72 Å². The van der Waals surface area contributed by atoms with Crippen LogP contribution in [0.5, 0.6) is 0 Å². The normalized spacial score (nSPS) is 11.9. The van der Waals surface area contributed by atoms with Crippen molar-refractivity contribution in [3.8, 4) is 0 Å². The van der Waals surface area contributed by atoms with Crippen LogP contribution in [0.2, 0.25) is 0 Å². The molecule has 0 saturated heterocycles. The summed E-state index contributed by atoms with van der Waals surface area (Å²) < 4.78 is 30.0. The van der Waals surface area contributed by atoms with Gasteiger partial charge < -0.3 is 4.74 Å². The first-order valence-electron chi connectivity index (χ1n) is 4.73. The van der Waals surface area contributed by atoms with Gasteiger partial charge in [0.25, 0.3) is 0 Å². The molecule has 0 unspecified atom stereocenters. The predicted octanol–water partition coefficient (Wildman–Crippen LogP) is 0.961. The second kappa shape index (κ2) is 8.47. The molecule has 0 aliphatic rings. The number of hydrogen-bond acceptors (Lipinski definition) is 3. The van der Waals surface area contributed by atoms with Crippen molar-refractivity contribution in [1.29, 1.82) is 0 Å². The van der Waals surface area contributed by atoms with Crippen LogP contribution in [0.3, 0.4) is 0 Å². The summed E-state index contributed by atoms with van der Waals surface area (Å²) >= 11 is 5.44. The van der Waals surface area contributed by atoms with Gasteiger partial charge in [-0.25, -0.2) is 13.1 Å². The zero-order chi connectivity index (χ0) is 10.9. The van der Waals surface area contributed by atoms with Crippen LogP contribution in [0.15, 0.2) is 0 Å². The summed E-state index contributed by atoms with van der Waals surface area (Å²) in [7, 11) is -3.12. The number of unbranched alkanes of at least 4 members (excludes halogenated alkanes) is 1. The third-order valence-corrected chi connectivity index (χ3v) is 3.31. The number of nitrogens with one attached hydrogen (secondary N) is 1. The lowest BCUT2D eigenvalue weighted by Gasteiger charge is -2.05. The molecule has 0 atom stereocenters. The summed E-state index contributed by atoms with van der Waals surface area (Å²) in [6.07, 6.45) is 1.33. The zero-order valence-corrected chi connectivity index (χ0v) is 10.0. The number of alkyl halides is 1. The Kier molecular flexibility index (Phi) is 8.56. The van der Waals surface area contributed by atoms with E-state index in [0.717, 1.165) is 6.42 Å². The molecule has 0 amide bonds. The molecule has 0 radical (unpaired) electrons. The molecule has 0 aromatic heterocycles. The summed E-state index contributed by atoms with van der Waals surface area (Å²) in [6.45, 7) is 3.24. The van der Waals surface area contributed by atoms with Gasteiger partial charge in [-0.05, 0) is 19.8 Å². The molecule has 86 valence electrons. The van der Waals surface area contributed by atoms with Gasteiger partial charge in [-0.2, -0.15) is 0 Å². The smallest absolute Gasteiger partial charge is 0.211 e. The van der Waals surface area contributed by atoms with Crippen molar-refractivity contribution in [1.82, 2.24) is 4.72 Å². The van der Waals surface area contributed by atoms with Crippen LogP contribution in [0.1, 0.15) is 19.8 Å². The fourth-order valence-electron chi connectivity index (χ4n) is 0.872. The summed E-state index contributed by atoms with van der Waals surface area (Å²) in [5, 5.41) is 0. The van der Waals surface area contributed by atoms with E-state index < -0.39 is 10.0 Å². The van der Waals surface area contributed by atoms with Gasteiger partial charge in [0, 0.05) is 19.0 Å². The molecule has 6 heteroatoms. The molecule has 0 spiro atoms. The third-order valence-electron chi connectivity index (χ3n) is 1.57. The van der Waals surface area contributed by atoms with Crippen molar-refractivity contribution >= 4 is 21.6 Å². The highest BCUT2D eigenvalue weighted by Crippen LogP contribution is 1.95. The van der Waals surface area contributed by atoms with Crippen molar-refractivity contribution in [2.45, 2.75) is 19.8 Å². The van der Waals surface area contributed by atoms with Crippen LogP contribution in [-0.2, 0) is 14.8 Å². The lowest BCUT2D eigenvalue weighted by Crippen LogP contribution is -2.29. The number of hydrogen-bond donors (Lipinski definition) is 1. The van der Waals surface area contributed by atoms with Crippen molar-refractivity contribution in [3.63, 3.8) is 0 Å². The van der Waals surface area contributed by atoms with E-state index >= 15 is 0 Å². The Labute approximate surface area is 91.0 Å². The molecule has 0 fully saturated rings. The van der Waals surface area contributed by atoms with E-state index in [1.54, 1.807) is 0 Å². The highest BCUT2D eigenvalue weighted by Gasteiger charge is 2.07. The molecule has 0 heterocycles. The van der Waals surface area contributed by atoms with Crippen molar-refractivity contribution in [2.24, 2.45) is 0 Å². The molecule has 0 rings (SSSR count). The lowest BCUT2D eigenvalue weighted by molar-refractivity contribution is 0.153. The minimum atomic E-state index is -3.12. The maximum absolute atomic E-state index is 11.3. The fraction of sp³-hybridized carbons (Fsp3) is 1.00. The summed E-state index contributed by atoms with van der Waals surface area (Å²) in [5.41, 5.74) is 0. The standard InChI is InChI=1S/C8H18ClNO3S/c1-2-13-7-6-10-14(11,12)8-4-3-5-9/h10H,2-8H2,1H3. The lowest BCUT2D eigenvalue weighted by atomic mass is 10.4. The van der Waals surface area contributed by atoms with Crippen molar-refractivity contribution in [2.75, 3.05) is 31.4 Å². The Morgan fingerprint density at radius 3 is 2.64 bits per heavy atom. The van der Waals surface area contributed by atoms with E-state index in [-0.39, 0.29) is 5.75 Å². The summed E-state index contributed by atoms with van der Waals surface area (Å²) in [4.78, 5) is 0. The number of ether oxygens (including phenoxy) is 1. The Bertz CT molecular complexity index is 219. The monoisotopic (exact) mass is 243 g/mol. The summed E-state index contributed by atoms with van der Waals surface area (Å²) in [5.74, 6) is 0.653. The molecular weight excluding hydrogens is 226 g/mol. The SMILES string of the molecule is CCOCCNS(=O)(=O)CCCCCl. The van der Waals surface area contributed by atoms with Gasteiger partial charge in [-0.3, -0.25) is 0 Å². The molecule has 0 aliphatic heterocycles. The van der Waals surface area contributed by atoms with Gasteiger partial charge in [0.1, 0.15) is 0 Å². The van der Waals surface area contributed by atoms with Crippen LogP contribution in [0.4, 0.5) is 0 Å². The highest BCUT2D eigenvalue weighted by atomic mass is 35.5. The largest absolute Gasteiger partial charge is 0.380 e. The number of rotatable bonds is 9. The van der Waals surface area contributed by atoms with Gasteiger partial charge in [0.05, 0.1) is 12.4 Å². The molecule has 0 saturated carbocycles. The molecule has 0 aromatic rings. The van der Waals surface area contributed by atoms with E-state index in [0.29, 0.717) is 32.1 Å². The molecule has 4 nitrogen and oxygen atoms in total. The van der Waals surface area contributed by atoms with E-state index in [9.17, 15) is 8.42 Å². The Balaban J connectivity index is 3.52. The van der Waals surface area contributed by atoms with Crippen LogP contribution in [0, 0.1) is 0 Å². The number of halogens is 1. The Morgan fingerprint density at radius 2 is 2.07 bits per heavy atom. The van der Waals surface area contributed by atoms with Crippen molar-refractivity contribution in [3.05, 3.63) is 0 Å². The minimum absolute atomic E-state index is 0.145. The van der Waals surface area contributed by atoms with E-state index in [1.807, 2.05) is 6.92 Å². The Hall–Kier alpha value is 0.160. The quantitative estimate of drug-likeness (QED) is 0.485. The minimum Gasteiger partial charge on any atom is -0.380 e. The highest BCUT2D eigenvalue weighted by molar-refractivity contribution is 7.89. The fourth-order valence-corrected chi connectivity index (χ4v) is 2.18. The van der Waals surface area contributed by atoms with Gasteiger partial charge in [0.15, 0.2) is 0 Å². The van der Waals surface area contributed by atoms with Crippen LogP contribution in [-0.4, -0.2) is 39.8 Å². The second-order valence-electron chi connectivity index (χ2n) is 2.81. The topological polar surface area (TPSA) is 55.4 Å². The second-order valence-corrected chi connectivity index (χ2v) is 5.11. The average molecular weight is 244 g/mol. The maximum atomic E-state index is 11.3. The van der Waals surface area contributed by atoms with E-state index in [4.69, 9.17) is 16.3 Å². The molecule has 14 heavy (non-hydrogen) atoms. The first-order valence-corrected chi connectivity index (χ1v) is 6.92. The zero-order valence-electron chi connectivity index (χ0n) is 8.46. The van der Waals surface area contributed by atoms with Crippen LogP contribution in [0.25, 0.3) is 0 Å². The van der Waals surface area contributed by atoms with Gasteiger partial charge >= 0.3 is 0 Å². The first-order chi connectivity index (χ1) is 6.62. The maximum Gasteiger partial charge on any atom is 0.211 e. The van der Waals surface area contributed by atoms with Crippen LogP contribution >= 0.6 is 11.6 Å². The molecule has 0 bridgehead atoms. The number of sulfonamides is 1. The van der Waals surface area contributed by atoms with Crippen molar-refractivity contribution < 1.29 is 13.2 Å². The van der Waals surface area contributed by atoms with E-state index in [2.05, 4.69) is 4.72 Å². The first kappa shape index (κ1) is 14.2. The molecule has 0 aromatic carbocycles. The summed E-state index contributed by atoms with van der Waals surface area (Å²) in [6, 6.07) is 0. The van der Waals surface area contributed by atoms with E-state index in [1.165, 1.54) is 0 Å². The van der Waals surface area contributed by atoms with Gasteiger partial charge in [-0.1, -0.05) is 0 Å². The predicted molar refractivity (Wildman–Crippen MR) is 58.2 cm³/mol. The Morgan fingerprint density at radius 1 is 1.36 bits per heavy atom. The molecule has 0 aliphatic carbocycles. The van der Waals surface area contributed by atoms with Gasteiger partial charge in [-0.15, -0.1) is 11.6 Å². The molecule has 1 N–H and O–H groups in total. The average Bonchev–Trinajstić information content (AvgIpc) is 2.13.